The molecule has 5 rings (SSSR count). The Morgan fingerprint density at radius 3 is 2.26 bits per heavy atom. The molecule has 0 saturated carbocycles. The van der Waals surface area contributed by atoms with Gasteiger partial charge in [0.1, 0.15) is 11.3 Å². The summed E-state index contributed by atoms with van der Waals surface area (Å²) < 4.78 is 43.5. The summed E-state index contributed by atoms with van der Waals surface area (Å²) in [6.45, 7) is 0.0680. The van der Waals surface area contributed by atoms with Crippen LogP contribution in [0.15, 0.2) is 77.6 Å². The van der Waals surface area contributed by atoms with Crippen LogP contribution in [0.5, 0.6) is 0 Å². The number of aromatic nitrogens is 4. The van der Waals surface area contributed by atoms with Crippen LogP contribution >= 0.6 is 0 Å². The third-order valence-electron chi connectivity index (χ3n) is 5.45. The minimum atomic E-state index is -1.13. The van der Waals surface area contributed by atoms with E-state index in [0.29, 0.717) is 0 Å². The van der Waals surface area contributed by atoms with Crippen molar-refractivity contribution in [2.24, 2.45) is 5.73 Å². The molecule has 7 nitrogen and oxygen atoms in total. The van der Waals surface area contributed by atoms with Gasteiger partial charge in [0.2, 0.25) is 0 Å². The maximum absolute atomic E-state index is 13.9. The first-order valence-electron chi connectivity index (χ1n) is 10.4. The highest BCUT2D eigenvalue weighted by Crippen LogP contribution is 2.25. The Morgan fingerprint density at radius 1 is 0.886 bits per heavy atom. The van der Waals surface area contributed by atoms with Crippen molar-refractivity contribution in [3.8, 4) is 17.1 Å². The summed E-state index contributed by atoms with van der Waals surface area (Å²) in [7, 11) is 0. The topological polar surface area (TPSA) is 95.8 Å². The predicted molar refractivity (Wildman–Crippen MR) is 122 cm³/mol. The quantitative estimate of drug-likeness (QED) is 0.418. The first-order chi connectivity index (χ1) is 16.8. The van der Waals surface area contributed by atoms with Crippen LogP contribution in [0.1, 0.15) is 16.1 Å². The van der Waals surface area contributed by atoms with Gasteiger partial charge in [-0.1, -0.05) is 30.3 Å². The lowest BCUT2D eigenvalue weighted by Crippen LogP contribution is -2.24. The molecule has 0 spiro atoms. The zero-order valence-electron chi connectivity index (χ0n) is 18.0. The van der Waals surface area contributed by atoms with Gasteiger partial charge in [-0.15, -0.1) is 0 Å². The number of halogens is 3. The van der Waals surface area contributed by atoms with E-state index in [0.717, 1.165) is 17.7 Å². The number of hydrogen-bond acceptors (Lipinski definition) is 4. The summed E-state index contributed by atoms with van der Waals surface area (Å²) in [5.74, 6) is -3.80. The minimum Gasteiger partial charge on any atom is -0.364 e. The summed E-state index contributed by atoms with van der Waals surface area (Å²) in [5.41, 5.74) is 5.94. The van der Waals surface area contributed by atoms with E-state index in [4.69, 9.17) is 5.73 Å². The van der Waals surface area contributed by atoms with Gasteiger partial charge in [0.05, 0.1) is 12.2 Å². The number of carbonyl (C=O) groups excluding carboxylic acids is 1. The molecule has 2 aromatic heterocycles. The second-order valence-electron chi connectivity index (χ2n) is 7.73. The average molecular weight is 475 g/mol. The van der Waals surface area contributed by atoms with Crippen molar-refractivity contribution in [1.82, 2.24) is 19.1 Å². The minimum absolute atomic E-state index is 0.000993. The Balaban J connectivity index is 1.86. The van der Waals surface area contributed by atoms with E-state index in [2.05, 4.69) is 9.97 Å². The van der Waals surface area contributed by atoms with E-state index in [1.54, 1.807) is 24.3 Å². The molecule has 35 heavy (non-hydrogen) atoms. The molecule has 0 fully saturated rings. The van der Waals surface area contributed by atoms with Crippen molar-refractivity contribution >= 4 is 17.1 Å². The SMILES string of the molecule is NC(=O)c1nc(-c2ccc(F)c(F)c2)nc2c1n(Cc1ccccc1)c(=O)n2-c1ccc(F)cc1. The van der Waals surface area contributed by atoms with Gasteiger partial charge in [-0.3, -0.25) is 9.36 Å². The van der Waals surface area contributed by atoms with Crippen molar-refractivity contribution in [3.05, 3.63) is 112 Å². The third kappa shape index (κ3) is 3.95. The highest BCUT2D eigenvalue weighted by atomic mass is 19.2. The number of benzene rings is 3. The Kier molecular flexibility index (Phi) is 5.40. The van der Waals surface area contributed by atoms with Gasteiger partial charge in [-0.05, 0) is 48.0 Å². The summed E-state index contributed by atoms with van der Waals surface area (Å²) in [6, 6.07) is 17.1. The largest absolute Gasteiger partial charge is 0.364 e. The van der Waals surface area contributed by atoms with Crippen LogP contribution in [0.2, 0.25) is 0 Å². The van der Waals surface area contributed by atoms with Gasteiger partial charge < -0.3 is 5.73 Å². The monoisotopic (exact) mass is 475 g/mol. The number of imidazole rings is 1. The Labute approximate surface area is 195 Å². The second kappa shape index (κ2) is 8.56. The zero-order chi connectivity index (χ0) is 24.7. The Morgan fingerprint density at radius 2 is 1.60 bits per heavy atom. The fraction of sp³-hybridized carbons (Fsp3) is 0.0400. The number of fused-ring (bicyclic) bond motifs is 1. The molecule has 0 atom stereocenters. The van der Waals surface area contributed by atoms with E-state index in [1.165, 1.54) is 39.5 Å². The standard InChI is InChI=1S/C25H16F3N5O2/c26-16-7-9-17(10-8-16)33-24-21(32(25(33)35)13-14-4-2-1-3-5-14)20(22(29)34)30-23(31-24)15-6-11-18(27)19(28)12-15/h1-12H,13H2,(H2,29,34). The molecule has 0 aliphatic heterocycles. The van der Waals surface area contributed by atoms with Gasteiger partial charge in [0.15, 0.2) is 28.8 Å². The van der Waals surface area contributed by atoms with Crippen LogP contribution in [0.4, 0.5) is 13.2 Å². The summed E-state index contributed by atoms with van der Waals surface area (Å²) in [4.78, 5) is 34.7. The van der Waals surface area contributed by atoms with Crippen LogP contribution < -0.4 is 11.4 Å². The van der Waals surface area contributed by atoms with E-state index >= 15 is 0 Å². The molecule has 0 unspecified atom stereocenters. The zero-order valence-corrected chi connectivity index (χ0v) is 18.0. The number of nitrogens with zero attached hydrogens (tertiary/aromatic N) is 4. The van der Waals surface area contributed by atoms with Crippen LogP contribution in [-0.4, -0.2) is 25.0 Å². The molecular formula is C25H16F3N5O2. The average Bonchev–Trinajstić information content (AvgIpc) is 3.12. The van der Waals surface area contributed by atoms with Crippen molar-refractivity contribution in [1.29, 1.82) is 0 Å². The smallest absolute Gasteiger partial charge is 0.335 e. The highest BCUT2D eigenvalue weighted by molar-refractivity contribution is 6.02. The molecule has 5 aromatic rings. The first kappa shape index (κ1) is 22.1. The number of nitrogens with two attached hydrogens (primary N) is 1. The van der Waals surface area contributed by atoms with Crippen LogP contribution in [-0.2, 0) is 6.54 Å². The Bertz CT molecular complexity index is 1640. The second-order valence-corrected chi connectivity index (χ2v) is 7.73. The maximum Gasteiger partial charge on any atom is 0.335 e. The normalized spacial score (nSPS) is 11.2. The van der Waals surface area contributed by atoms with Gasteiger partial charge in [-0.25, -0.2) is 32.5 Å². The molecule has 0 bridgehead atoms. The summed E-state index contributed by atoms with van der Waals surface area (Å²) in [6.07, 6.45) is 0. The fourth-order valence-electron chi connectivity index (χ4n) is 3.83. The van der Waals surface area contributed by atoms with Crippen LogP contribution in [0.25, 0.3) is 28.2 Å². The number of primary amides is 1. The van der Waals surface area contributed by atoms with E-state index in [9.17, 15) is 22.8 Å². The van der Waals surface area contributed by atoms with Crippen molar-refractivity contribution in [2.75, 3.05) is 0 Å². The van der Waals surface area contributed by atoms with E-state index < -0.39 is 29.0 Å². The number of amides is 1. The van der Waals surface area contributed by atoms with Crippen molar-refractivity contribution in [2.45, 2.75) is 6.54 Å². The predicted octanol–water partition coefficient (Wildman–Crippen LogP) is 3.81. The van der Waals surface area contributed by atoms with Gasteiger partial charge >= 0.3 is 5.69 Å². The first-order valence-corrected chi connectivity index (χ1v) is 10.4. The van der Waals surface area contributed by atoms with Gasteiger partial charge in [0, 0.05) is 5.56 Å². The molecular weight excluding hydrogens is 459 g/mol. The number of carbonyl (C=O) groups is 1. The highest BCUT2D eigenvalue weighted by Gasteiger charge is 2.25. The third-order valence-corrected chi connectivity index (χ3v) is 5.45. The van der Waals surface area contributed by atoms with Gasteiger partial charge in [-0.2, -0.15) is 0 Å². The fourth-order valence-corrected chi connectivity index (χ4v) is 3.83. The number of rotatable bonds is 5. The molecule has 0 aliphatic rings. The van der Waals surface area contributed by atoms with E-state index in [-0.39, 0.29) is 40.5 Å². The van der Waals surface area contributed by atoms with E-state index in [1.807, 2.05) is 6.07 Å². The molecule has 174 valence electrons. The maximum atomic E-state index is 13.9. The number of hydrogen-bond donors (Lipinski definition) is 1. The lowest BCUT2D eigenvalue weighted by Gasteiger charge is -2.08. The molecule has 10 heteroatoms. The summed E-state index contributed by atoms with van der Waals surface area (Å²) >= 11 is 0. The molecule has 1 amide bonds. The van der Waals surface area contributed by atoms with Crippen LogP contribution in [0.3, 0.4) is 0 Å². The Hall–Kier alpha value is -4.73. The molecule has 0 aliphatic carbocycles. The molecule has 0 saturated heterocycles. The lowest BCUT2D eigenvalue weighted by atomic mass is 10.2. The summed E-state index contributed by atoms with van der Waals surface area (Å²) in [5, 5.41) is 0. The van der Waals surface area contributed by atoms with Crippen molar-refractivity contribution in [3.63, 3.8) is 0 Å². The van der Waals surface area contributed by atoms with Crippen molar-refractivity contribution < 1.29 is 18.0 Å². The van der Waals surface area contributed by atoms with Gasteiger partial charge in [0.25, 0.3) is 5.91 Å². The molecule has 3 aromatic carbocycles. The molecule has 2 N–H and O–H groups in total. The lowest BCUT2D eigenvalue weighted by molar-refractivity contribution is 0.0997. The van der Waals surface area contributed by atoms with Crippen LogP contribution in [0, 0.1) is 17.5 Å². The molecule has 2 heterocycles. The molecule has 0 radical (unpaired) electrons.